The van der Waals surface area contributed by atoms with Gasteiger partial charge in [0.2, 0.25) is 0 Å². The Bertz CT molecular complexity index is 1020. The summed E-state index contributed by atoms with van der Waals surface area (Å²) in [6.07, 6.45) is 2.05. The van der Waals surface area contributed by atoms with E-state index in [2.05, 4.69) is 71.4 Å². The minimum atomic E-state index is 0.727. The van der Waals surface area contributed by atoms with Gasteiger partial charge in [-0.2, -0.15) is 5.26 Å². The van der Waals surface area contributed by atoms with E-state index in [9.17, 15) is 5.26 Å². The summed E-state index contributed by atoms with van der Waals surface area (Å²) in [5, 5.41) is 10.2. The third-order valence-corrected chi connectivity index (χ3v) is 4.35. The summed E-state index contributed by atoms with van der Waals surface area (Å²) < 4.78 is 2.19. The maximum Gasteiger partial charge on any atom is 0.0998 e. The van der Waals surface area contributed by atoms with Crippen molar-refractivity contribution in [1.82, 2.24) is 4.57 Å². The van der Waals surface area contributed by atoms with E-state index in [4.69, 9.17) is 0 Å². The Kier molecular flexibility index (Phi) is 3.61. The fraction of sp³-hybridized carbons (Fsp3) is 0.0455. The zero-order valence-corrected chi connectivity index (χ0v) is 13.2. The lowest BCUT2D eigenvalue weighted by Gasteiger charge is -2.08. The van der Waals surface area contributed by atoms with Crippen molar-refractivity contribution in [2.75, 3.05) is 0 Å². The van der Waals surface area contributed by atoms with Gasteiger partial charge in [-0.25, -0.2) is 0 Å². The van der Waals surface area contributed by atoms with Crippen molar-refractivity contribution in [3.8, 4) is 17.2 Å². The minimum Gasteiger partial charge on any atom is -0.343 e. The molecule has 114 valence electrons. The van der Waals surface area contributed by atoms with Crippen molar-refractivity contribution in [2.24, 2.45) is 0 Å². The molecule has 4 rings (SSSR count). The second-order valence-corrected chi connectivity index (χ2v) is 5.86. The standard InChI is InChI=1S/C22H16N2/c23-15-20-7-4-8-22-21(20)13-14-24(22)16-17-9-11-19(12-10-17)18-5-2-1-3-6-18/h1-14H,16H2. The van der Waals surface area contributed by atoms with Crippen LogP contribution in [0.25, 0.3) is 22.0 Å². The highest BCUT2D eigenvalue weighted by Gasteiger charge is 2.06. The molecule has 0 fully saturated rings. The summed E-state index contributed by atoms with van der Waals surface area (Å²) in [6, 6.07) is 29.2. The number of aromatic nitrogens is 1. The van der Waals surface area contributed by atoms with E-state index in [1.165, 1.54) is 16.7 Å². The minimum absolute atomic E-state index is 0.727. The van der Waals surface area contributed by atoms with E-state index in [1.54, 1.807) is 0 Å². The van der Waals surface area contributed by atoms with Crippen LogP contribution in [0.1, 0.15) is 11.1 Å². The van der Waals surface area contributed by atoms with E-state index >= 15 is 0 Å². The van der Waals surface area contributed by atoms with Crippen LogP contribution in [0.2, 0.25) is 0 Å². The molecule has 0 N–H and O–H groups in total. The van der Waals surface area contributed by atoms with Crippen LogP contribution in [0.5, 0.6) is 0 Å². The molecule has 0 radical (unpaired) electrons. The lowest BCUT2D eigenvalue weighted by atomic mass is 10.0. The van der Waals surface area contributed by atoms with Crippen LogP contribution in [0.4, 0.5) is 0 Å². The van der Waals surface area contributed by atoms with E-state index in [0.717, 1.165) is 23.0 Å². The first-order valence-corrected chi connectivity index (χ1v) is 7.97. The SMILES string of the molecule is N#Cc1cccc2c1ccn2Cc1ccc(-c2ccccc2)cc1. The first-order valence-electron chi connectivity index (χ1n) is 7.97. The highest BCUT2D eigenvalue weighted by Crippen LogP contribution is 2.23. The number of benzene rings is 3. The molecule has 0 aliphatic heterocycles. The first kappa shape index (κ1) is 14.3. The number of hydrogen-bond donors (Lipinski definition) is 0. The third-order valence-electron chi connectivity index (χ3n) is 4.35. The van der Waals surface area contributed by atoms with Crippen molar-refractivity contribution in [3.05, 3.63) is 96.2 Å². The molecule has 0 atom stereocenters. The molecule has 0 aliphatic rings. The molecular weight excluding hydrogens is 292 g/mol. The van der Waals surface area contributed by atoms with Gasteiger partial charge in [0.1, 0.15) is 0 Å². The van der Waals surface area contributed by atoms with Crippen molar-refractivity contribution in [1.29, 1.82) is 5.26 Å². The van der Waals surface area contributed by atoms with Crippen LogP contribution in [0.15, 0.2) is 85.1 Å². The molecule has 2 nitrogen and oxygen atoms in total. The Hall–Kier alpha value is -3.31. The normalized spacial score (nSPS) is 10.6. The second kappa shape index (κ2) is 6.06. The summed E-state index contributed by atoms with van der Waals surface area (Å²) in [5.74, 6) is 0. The van der Waals surface area contributed by atoms with E-state index in [1.807, 2.05) is 24.3 Å². The number of nitrogens with zero attached hydrogens (tertiary/aromatic N) is 2. The smallest absolute Gasteiger partial charge is 0.0998 e. The van der Waals surface area contributed by atoms with Crippen molar-refractivity contribution >= 4 is 10.9 Å². The molecule has 1 heterocycles. The van der Waals surface area contributed by atoms with Crippen molar-refractivity contribution < 1.29 is 0 Å². The number of rotatable bonds is 3. The number of fused-ring (bicyclic) bond motifs is 1. The first-order chi connectivity index (χ1) is 11.8. The fourth-order valence-corrected chi connectivity index (χ4v) is 3.09. The largest absolute Gasteiger partial charge is 0.343 e. The van der Waals surface area contributed by atoms with Crippen molar-refractivity contribution in [3.63, 3.8) is 0 Å². The maximum absolute atomic E-state index is 9.21. The second-order valence-electron chi connectivity index (χ2n) is 5.86. The molecule has 0 spiro atoms. The molecule has 0 bridgehead atoms. The van der Waals surface area contributed by atoms with Crippen molar-refractivity contribution in [2.45, 2.75) is 6.54 Å². The number of hydrogen-bond acceptors (Lipinski definition) is 1. The molecular formula is C22H16N2. The van der Waals surface area contributed by atoms with Crippen LogP contribution in [0, 0.1) is 11.3 Å². The topological polar surface area (TPSA) is 28.7 Å². The van der Waals surface area contributed by atoms with Crippen LogP contribution >= 0.6 is 0 Å². The number of nitriles is 1. The Morgan fingerprint density at radius 3 is 2.25 bits per heavy atom. The summed E-state index contributed by atoms with van der Waals surface area (Å²) in [7, 11) is 0. The average Bonchev–Trinajstić information content (AvgIpc) is 3.06. The molecule has 2 heteroatoms. The molecule has 0 saturated carbocycles. The molecule has 4 aromatic rings. The highest BCUT2D eigenvalue weighted by atomic mass is 14.9. The van der Waals surface area contributed by atoms with E-state index in [-0.39, 0.29) is 0 Å². The van der Waals surface area contributed by atoms with Gasteiger partial charge in [-0.15, -0.1) is 0 Å². The third kappa shape index (κ3) is 2.57. The summed E-state index contributed by atoms with van der Waals surface area (Å²) in [6.45, 7) is 0.799. The fourth-order valence-electron chi connectivity index (χ4n) is 3.09. The van der Waals surface area contributed by atoms with E-state index in [0.29, 0.717) is 0 Å². The highest BCUT2D eigenvalue weighted by molar-refractivity contribution is 5.86. The molecule has 0 aliphatic carbocycles. The molecule has 0 amide bonds. The zero-order chi connectivity index (χ0) is 16.4. The quantitative estimate of drug-likeness (QED) is 0.509. The Balaban J connectivity index is 1.64. The van der Waals surface area contributed by atoms with Gasteiger partial charge in [-0.3, -0.25) is 0 Å². The van der Waals surface area contributed by atoms with E-state index < -0.39 is 0 Å². The Morgan fingerprint density at radius 2 is 1.50 bits per heavy atom. The predicted octanol–water partition coefficient (Wildman–Crippen LogP) is 5.23. The average molecular weight is 308 g/mol. The van der Waals surface area contributed by atoms with Gasteiger partial charge in [-0.05, 0) is 34.9 Å². The monoisotopic (exact) mass is 308 g/mol. The molecule has 3 aromatic carbocycles. The van der Waals surface area contributed by atoms with Gasteiger partial charge in [0.15, 0.2) is 0 Å². The maximum atomic E-state index is 9.21. The van der Waals surface area contributed by atoms with Crippen LogP contribution in [-0.4, -0.2) is 4.57 Å². The van der Waals surface area contributed by atoms with Gasteiger partial charge in [-0.1, -0.05) is 60.7 Å². The summed E-state index contributed by atoms with van der Waals surface area (Å²) in [5.41, 5.74) is 5.53. The summed E-state index contributed by atoms with van der Waals surface area (Å²) >= 11 is 0. The molecule has 24 heavy (non-hydrogen) atoms. The lowest BCUT2D eigenvalue weighted by Crippen LogP contribution is -1.97. The zero-order valence-electron chi connectivity index (χ0n) is 13.2. The Labute approximate surface area is 141 Å². The van der Waals surface area contributed by atoms with Gasteiger partial charge in [0, 0.05) is 23.6 Å². The Morgan fingerprint density at radius 1 is 0.750 bits per heavy atom. The van der Waals surface area contributed by atoms with Gasteiger partial charge < -0.3 is 4.57 Å². The van der Waals surface area contributed by atoms with Gasteiger partial charge >= 0.3 is 0 Å². The van der Waals surface area contributed by atoms with Crippen LogP contribution in [-0.2, 0) is 6.54 Å². The molecule has 0 unspecified atom stereocenters. The molecule has 0 saturated heterocycles. The van der Waals surface area contributed by atoms with Gasteiger partial charge in [0.05, 0.1) is 11.6 Å². The lowest BCUT2D eigenvalue weighted by molar-refractivity contribution is 0.837. The van der Waals surface area contributed by atoms with Crippen LogP contribution in [0.3, 0.4) is 0 Å². The predicted molar refractivity (Wildman–Crippen MR) is 97.6 cm³/mol. The van der Waals surface area contributed by atoms with Gasteiger partial charge in [0.25, 0.3) is 0 Å². The van der Waals surface area contributed by atoms with Crippen LogP contribution < -0.4 is 0 Å². The molecule has 1 aromatic heterocycles. The summed E-state index contributed by atoms with van der Waals surface area (Å²) in [4.78, 5) is 0.